The van der Waals surface area contributed by atoms with E-state index < -0.39 is 22.0 Å². The molecule has 172 valence electrons. The minimum atomic E-state index is -4.02. The first-order valence-corrected chi connectivity index (χ1v) is 12.5. The normalized spacial score (nSPS) is 11.3. The molecule has 0 saturated carbocycles. The quantitative estimate of drug-likeness (QED) is 0.335. The van der Waals surface area contributed by atoms with Crippen LogP contribution in [0.2, 0.25) is 5.02 Å². The SMILES string of the molecule is Cc1ccccc1NS(=O)(=O)c1cc(C(=O)NC(c2ccccc2)c2ccccc2)ccc1Cl. The van der Waals surface area contributed by atoms with E-state index in [-0.39, 0.29) is 15.5 Å². The third-order valence-electron chi connectivity index (χ3n) is 5.41. The minimum absolute atomic E-state index is 0.0281. The molecule has 7 heteroatoms. The van der Waals surface area contributed by atoms with Gasteiger partial charge in [-0.15, -0.1) is 0 Å². The fourth-order valence-corrected chi connectivity index (χ4v) is 5.26. The number of rotatable bonds is 7. The van der Waals surface area contributed by atoms with Crippen molar-refractivity contribution in [3.8, 4) is 0 Å². The summed E-state index contributed by atoms with van der Waals surface area (Å²) in [4.78, 5) is 13.1. The maximum atomic E-state index is 13.2. The van der Waals surface area contributed by atoms with Crippen LogP contribution in [0.15, 0.2) is 108 Å². The molecule has 2 N–H and O–H groups in total. The predicted molar refractivity (Wildman–Crippen MR) is 136 cm³/mol. The molecule has 4 aromatic carbocycles. The number of para-hydroxylation sites is 1. The lowest BCUT2D eigenvalue weighted by atomic mass is 9.98. The number of benzene rings is 4. The van der Waals surface area contributed by atoms with Gasteiger partial charge in [0, 0.05) is 5.56 Å². The highest BCUT2D eigenvalue weighted by molar-refractivity contribution is 7.92. The second kappa shape index (κ2) is 10.1. The van der Waals surface area contributed by atoms with E-state index in [1.807, 2.05) is 66.7 Å². The molecule has 0 unspecified atom stereocenters. The zero-order chi connectivity index (χ0) is 24.1. The number of hydrogen-bond acceptors (Lipinski definition) is 3. The summed E-state index contributed by atoms with van der Waals surface area (Å²) in [6.07, 6.45) is 0. The first-order valence-electron chi connectivity index (χ1n) is 10.6. The Labute approximate surface area is 204 Å². The lowest BCUT2D eigenvalue weighted by Crippen LogP contribution is -2.29. The number of halogens is 1. The monoisotopic (exact) mass is 490 g/mol. The molecule has 0 aromatic heterocycles. The summed E-state index contributed by atoms with van der Waals surface area (Å²) >= 11 is 6.24. The van der Waals surface area contributed by atoms with Crippen LogP contribution in [0.3, 0.4) is 0 Å². The van der Waals surface area contributed by atoms with Gasteiger partial charge >= 0.3 is 0 Å². The van der Waals surface area contributed by atoms with Gasteiger partial charge in [0.15, 0.2) is 0 Å². The summed E-state index contributed by atoms with van der Waals surface area (Å²) in [7, 11) is -4.02. The number of anilines is 1. The highest BCUT2D eigenvalue weighted by atomic mass is 35.5. The molecule has 0 aliphatic heterocycles. The van der Waals surface area contributed by atoms with Gasteiger partial charge in [0.1, 0.15) is 4.90 Å². The third kappa shape index (κ3) is 5.30. The first-order chi connectivity index (χ1) is 16.3. The van der Waals surface area contributed by atoms with Crippen molar-refractivity contribution < 1.29 is 13.2 Å². The van der Waals surface area contributed by atoms with Gasteiger partial charge in [0.2, 0.25) is 0 Å². The van der Waals surface area contributed by atoms with E-state index in [1.165, 1.54) is 18.2 Å². The Balaban J connectivity index is 1.65. The van der Waals surface area contributed by atoms with Gasteiger partial charge in [0.05, 0.1) is 16.8 Å². The highest BCUT2D eigenvalue weighted by Crippen LogP contribution is 2.27. The van der Waals surface area contributed by atoms with E-state index in [9.17, 15) is 13.2 Å². The lowest BCUT2D eigenvalue weighted by Gasteiger charge is -2.20. The van der Waals surface area contributed by atoms with Gasteiger partial charge < -0.3 is 5.32 Å². The van der Waals surface area contributed by atoms with Crippen LogP contribution < -0.4 is 10.0 Å². The smallest absolute Gasteiger partial charge is 0.263 e. The molecule has 0 spiro atoms. The van der Waals surface area contributed by atoms with E-state index >= 15 is 0 Å². The van der Waals surface area contributed by atoms with Gasteiger partial charge in [-0.25, -0.2) is 8.42 Å². The van der Waals surface area contributed by atoms with Gasteiger partial charge in [0.25, 0.3) is 15.9 Å². The molecule has 0 atom stereocenters. The maximum Gasteiger partial charge on any atom is 0.263 e. The Kier molecular flexibility index (Phi) is 7.01. The number of carbonyl (C=O) groups excluding carboxylic acids is 1. The van der Waals surface area contributed by atoms with Crippen LogP contribution in [0.25, 0.3) is 0 Å². The van der Waals surface area contributed by atoms with Gasteiger partial charge in [-0.05, 0) is 47.9 Å². The lowest BCUT2D eigenvalue weighted by molar-refractivity contribution is 0.0942. The number of sulfonamides is 1. The molecule has 4 aromatic rings. The molecule has 5 nitrogen and oxygen atoms in total. The first kappa shape index (κ1) is 23.5. The molecule has 0 radical (unpaired) electrons. The second-order valence-corrected chi connectivity index (χ2v) is 9.85. The number of nitrogens with one attached hydrogen (secondary N) is 2. The summed E-state index contributed by atoms with van der Waals surface area (Å²) in [6, 6.07) is 30.0. The summed E-state index contributed by atoms with van der Waals surface area (Å²) in [5.41, 5.74) is 3.22. The molecule has 4 rings (SSSR count). The molecule has 0 aliphatic carbocycles. The Bertz CT molecular complexity index is 1370. The van der Waals surface area contributed by atoms with E-state index in [2.05, 4.69) is 10.0 Å². The standard InChI is InChI=1S/C27H23ClN2O3S/c1-19-10-8-9-15-24(19)30-34(32,33)25-18-22(16-17-23(25)28)27(31)29-26(20-11-4-2-5-12-20)21-13-6-3-7-14-21/h2-18,26,30H,1H3,(H,29,31). The number of hydrogen-bond donors (Lipinski definition) is 2. The third-order valence-corrected chi connectivity index (χ3v) is 7.26. The van der Waals surface area contributed by atoms with Gasteiger partial charge in [-0.1, -0.05) is 90.5 Å². The van der Waals surface area contributed by atoms with Crippen LogP contribution in [0.1, 0.15) is 33.1 Å². The molecule has 0 bridgehead atoms. The van der Waals surface area contributed by atoms with Crippen molar-refractivity contribution >= 4 is 33.2 Å². The molecule has 34 heavy (non-hydrogen) atoms. The molecule has 0 aliphatic rings. The zero-order valence-electron chi connectivity index (χ0n) is 18.4. The predicted octanol–water partition coefficient (Wildman–Crippen LogP) is 5.97. The van der Waals surface area contributed by atoms with Crippen LogP contribution in [-0.4, -0.2) is 14.3 Å². The Morgan fingerprint density at radius 2 is 1.35 bits per heavy atom. The number of amides is 1. The summed E-state index contributed by atoms with van der Waals surface area (Å²) in [6.45, 7) is 1.80. The molecular formula is C27H23ClN2O3S. The Morgan fingerprint density at radius 1 is 0.794 bits per heavy atom. The van der Waals surface area contributed by atoms with E-state index in [4.69, 9.17) is 11.6 Å². The second-order valence-electron chi connectivity index (χ2n) is 7.79. The maximum absolute atomic E-state index is 13.2. The summed E-state index contributed by atoms with van der Waals surface area (Å²) in [5, 5.41) is 3.05. The fourth-order valence-electron chi connectivity index (χ4n) is 3.60. The highest BCUT2D eigenvalue weighted by Gasteiger charge is 2.23. The molecule has 1 amide bonds. The van der Waals surface area contributed by atoms with Crippen LogP contribution in [-0.2, 0) is 10.0 Å². The summed E-state index contributed by atoms with van der Waals surface area (Å²) in [5.74, 6) is -0.415. The van der Waals surface area contributed by atoms with Crippen molar-refractivity contribution in [2.24, 2.45) is 0 Å². The largest absolute Gasteiger partial charge is 0.341 e. The molecule has 0 saturated heterocycles. The van der Waals surface area contributed by atoms with E-state index in [0.717, 1.165) is 16.7 Å². The zero-order valence-corrected chi connectivity index (χ0v) is 20.0. The number of carbonyl (C=O) groups is 1. The van der Waals surface area contributed by atoms with Crippen LogP contribution in [0.4, 0.5) is 5.69 Å². The Morgan fingerprint density at radius 3 is 1.94 bits per heavy atom. The van der Waals surface area contributed by atoms with Crippen LogP contribution >= 0.6 is 11.6 Å². The molecule has 0 heterocycles. The van der Waals surface area contributed by atoms with Crippen LogP contribution in [0, 0.1) is 6.92 Å². The number of aryl methyl sites for hydroxylation is 1. The fraction of sp³-hybridized carbons (Fsp3) is 0.0741. The van der Waals surface area contributed by atoms with Crippen molar-refractivity contribution in [2.75, 3.05) is 4.72 Å². The average molecular weight is 491 g/mol. The average Bonchev–Trinajstić information content (AvgIpc) is 2.85. The van der Waals surface area contributed by atoms with Crippen LogP contribution in [0.5, 0.6) is 0 Å². The Hall–Kier alpha value is -3.61. The topological polar surface area (TPSA) is 75.3 Å². The van der Waals surface area contributed by atoms with E-state index in [1.54, 1.807) is 25.1 Å². The van der Waals surface area contributed by atoms with Gasteiger partial charge in [-0.3, -0.25) is 9.52 Å². The van der Waals surface area contributed by atoms with E-state index in [0.29, 0.717) is 5.69 Å². The minimum Gasteiger partial charge on any atom is -0.341 e. The van der Waals surface area contributed by atoms with Crippen molar-refractivity contribution in [3.05, 3.63) is 130 Å². The van der Waals surface area contributed by atoms with Crippen molar-refractivity contribution in [2.45, 2.75) is 17.9 Å². The summed E-state index contributed by atoms with van der Waals surface area (Å²) < 4.78 is 28.7. The van der Waals surface area contributed by atoms with Gasteiger partial charge in [-0.2, -0.15) is 0 Å². The van der Waals surface area contributed by atoms with Crippen molar-refractivity contribution in [3.63, 3.8) is 0 Å². The van der Waals surface area contributed by atoms with Crippen molar-refractivity contribution in [1.82, 2.24) is 5.32 Å². The molecular weight excluding hydrogens is 468 g/mol. The molecule has 0 fully saturated rings. The van der Waals surface area contributed by atoms with Crippen molar-refractivity contribution in [1.29, 1.82) is 0 Å².